The van der Waals surface area contributed by atoms with Gasteiger partial charge in [0.1, 0.15) is 5.75 Å². The quantitative estimate of drug-likeness (QED) is 0.506. The Labute approximate surface area is 102 Å². The number of azo groups is 1. The van der Waals surface area contributed by atoms with E-state index < -0.39 is 4.92 Å². The summed E-state index contributed by atoms with van der Waals surface area (Å²) in [5.41, 5.74) is 1.02. The van der Waals surface area contributed by atoms with Gasteiger partial charge in [-0.15, -0.1) is 0 Å². The van der Waals surface area contributed by atoms with Gasteiger partial charge in [-0.1, -0.05) is 6.07 Å². The van der Waals surface area contributed by atoms with Crippen molar-refractivity contribution in [1.82, 2.24) is 0 Å². The van der Waals surface area contributed by atoms with Crippen LogP contribution in [-0.4, -0.2) is 10.0 Å². The fourth-order valence-corrected chi connectivity index (χ4v) is 1.31. The van der Waals surface area contributed by atoms with Crippen LogP contribution in [0.25, 0.3) is 0 Å². The second-order valence-electron chi connectivity index (χ2n) is 3.49. The minimum Gasteiger partial charge on any atom is -0.508 e. The molecule has 0 radical (unpaired) electrons. The normalized spacial score (nSPS) is 10.7. The number of nitrogens with zero attached hydrogens (tertiary/aromatic N) is 3. The first-order valence-electron chi connectivity index (χ1n) is 5.10. The minimum absolute atomic E-state index is 0.00584. The van der Waals surface area contributed by atoms with Gasteiger partial charge in [-0.3, -0.25) is 10.1 Å². The predicted molar refractivity (Wildman–Crippen MR) is 65.4 cm³/mol. The summed E-state index contributed by atoms with van der Waals surface area (Å²) < 4.78 is 0. The van der Waals surface area contributed by atoms with Crippen molar-refractivity contribution in [3.8, 4) is 5.75 Å². The van der Waals surface area contributed by atoms with Crippen molar-refractivity contribution in [2.24, 2.45) is 10.2 Å². The van der Waals surface area contributed by atoms with E-state index in [9.17, 15) is 15.2 Å². The maximum absolute atomic E-state index is 10.5. The van der Waals surface area contributed by atoms with Crippen LogP contribution in [-0.2, 0) is 0 Å². The van der Waals surface area contributed by atoms with E-state index in [1.54, 1.807) is 12.1 Å². The molecule has 18 heavy (non-hydrogen) atoms. The Balaban J connectivity index is 2.16. The molecule has 0 aromatic heterocycles. The van der Waals surface area contributed by atoms with E-state index in [-0.39, 0.29) is 11.4 Å². The summed E-state index contributed by atoms with van der Waals surface area (Å²) in [6.07, 6.45) is 0. The molecular weight excluding hydrogens is 234 g/mol. The molecule has 6 nitrogen and oxygen atoms in total. The summed E-state index contributed by atoms with van der Waals surface area (Å²) in [6.45, 7) is 0. The van der Waals surface area contributed by atoms with Crippen LogP contribution in [0.4, 0.5) is 17.1 Å². The molecule has 0 fully saturated rings. The lowest BCUT2D eigenvalue weighted by Crippen LogP contribution is -1.85. The van der Waals surface area contributed by atoms with Gasteiger partial charge in [0.25, 0.3) is 5.69 Å². The van der Waals surface area contributed by atoms with Crippen molar-refractivity contribution in [3.63, 3.8) is 0 Å². The first kappa shape index (κ1) is 11.7. The predicted octanol–water partition coefficient (Wildman–Crippen LogP) is 3.72. The van der Waals surface area contributed by atoms with Crippen LogP contribution in [0.15, 0.2) is 58.8 Å². The molecular formula is C12H9N3O3. The number of nitro benzene ring substituents is 1. The van der Waals surface area contributed by atoms with Gasteiger partial charge in [-0.25, -0.2) is 0 Å². The number of hydrogen-bond acceptors (Lipinski definition) is 5. The van der Waals surface area contributed by atoms with Crippen LogP contribution < -0.4 is 0 Å². The molecule has 0 amide bonds. The van der Waals surface area contributed by atoms with Crippen molar-refractivity contribution in [3.05, 3.63) is 58.6 Å². The summed E-state index contributed by atoms with van der Waals surface area (Å²) in [7, 11) is 0. The third-order valence-electron chi connectivity index (χ3n) is 2.17. The van der Waals surface area contributed by atoms with Crippen LogP contribution in [0.3, 0.4) is 0 Å². The average Bonchev–Trinajstić information content (AvgIpc) is 2.37. The maximum Gasteiger partial charge on any atom is 0.269 e. The topological polar surface area (TPSA) is 88.1 Å². The number of benzene rings is 2. The van der Waals surface area contributed by atoms with E-state index in [0.717, 1.165) is 0 Å². The lowest BCUT2D eigenvalue weighted by molar-refractivity contribution is -0.384. The van der Waals surface area contributed by atoms with Crippen molar-refractivity contribution < 1.29 is 10.0 Å². The molecule has 6 heteroatoms. The Morgan fingerprint density at radius 1 is 1.00 bits per heavy atom. The van der Waals surface area contributed by atoms with E-state index in [1.165, 1.54) is 36.4 Å². The Kier molecular flexibility index (Phi) is 3.29. The smallest absolute Gasteiger partial charge is 0.269 e. The molecule has 0 atom stereocenters. The summed E-state index contributed by atoms with van der Waals surface area (Å²) >= 11 is 0. The molecule has 0 unspecified atom stereocenters. The zero-order valence-corrected chi connectivity index (χ0v) is 9.22. The number of hydrogen-bond donors (Lipinski definition) is 1. The fraction of sp³-hybridized carbons (Fsp3) is 0. The van der Waals surface area contributed by atoms with Gasteiger partial charge in [-0.05, 0) is 24.3 Å². The Morgan fingerprint density at radius 2 is 1.67 bits per heavy atom. The third kappa shape index (κ3) is 2.88. The van der Waals surface area contributed by atoms with Gasteiger partial charge >= 0.3 is 0 Å². The number of non-ortho nitro benzene ring substituents is 1. The molecule has 0 bridgehead atoms. The van der Waals surface area contributed by atoms with Crippen LogP contribution in [0.5, 0.6) is 5.75 Å². The highest BCUT2D eigenvalue weighted by Crippen LogP contribution is 2.23. The molecule has 0 spiro atoms. The third-order valence-corrected chi connectivity index (χ3v) is 2.17. The van der Waals surface area contributed by atoms with Gasteiger partial charge in [0.2, 0.25) is 0 Å². The van der Waals surface area contributed by atoms with Crippen molar-refractivity contribution in [2.45, 2.75) is 0 Å². The van der Waals surface area contributed by atoms with Crippen molar-refractivity contribution in [1.29, 1.82) is 0 Å². The zero-order chi connectivity index (χ0) is 13.0. The lowest BCUT2D eigenvalue weighted by atomic mass is 10.3. The van der Waals surface area contributed by atoms with E-state index in [2.05, 4.69) is 10.2 Å². The maximum atomic E-state index is 10.5. The van der Waals surface area contributed by atoms with Gasteiger partial charge < -0.3 is 5.11 Å². The Morgan fingerprint density at radius 3 is 2.28 bits per heavy atom. The molecule has 0 aliphatic heterocycles. The van der Waals surface area contributed by atoms with Crippen molar-refractivity contribution in [2.75, 3.05) is 0 Å². The molecule has 90 valence electrons. The van der Waals surface area contributed by atoms with Gasteiger partial charge in [-0.2, -0.15) is 10.2 Å². The van der Waals surface area contributed by atoms with Crippen LogP contribution in [0.2, 0.25) is 0 Å². The lowest BCUT2D eigenvalue weighted by Gasteiger charge is -1.94. The molecule has 0 saturated heterocycles. The second kappa shape index (κ2) is 5.05. The highest BCUT2D eigenvalue weighted by atomic mass is 16.6. The highest BCUT2D eigenvalue weighted by Gasteiger charge is 2.02. The number of phenolic OH excluding ortho intramolecular Hbond substituents is 1. The highest BCUT2D eigenvalue weighted by molar-refractivity contribution is 5.46. The zero-order valence-electron chi connectivity index (χ0n) is 9.22. The number of phenols is 1. The molecule has 1 N–H and O–H groups in total. The van der Waals surface area contributed by atoms with Crippen LogP contribution in [0.1, 0.15) is 0 Å². The first-order valence-corrected chi connectivity index (χ1v) is 5.10. The molecule has 2 aromatic rings. The summed E-state index contributed by atoms with van der Waals surface area (Å²) in [5.74, 6) is 0.107. The van der Waals surface area contributed by atoms with E-state index >= 15 is 0 Å². The second-order valence-corrected chi connectivity index (χ2v) is 3.49. The number of aromatic hydroxyl groups is 1. The minimum atomic E-state index is -0.476. The molecule has 0 heterocycles. The average molecular weight is 243 g/mol. The fourth-order valence-electron chi connectivity index (χ4n) is 1.31. The Bertz CT molecular complexity index is 594. The monoisotopic (exact) mass is 243 g/mol. The summed E-state index contributed by atoms with van der Waals surface area (Å²) in [6, 6.07) is 12.1. The van der Waals surface area contributed by atoms with Crippen molar-refractivity contribution >= 4 is 17.1 Å². The Hall–Kier alpha value is -2.76. The molecule has 2 aromatic carbocycles. The van der Waals surface area contributed by atoms with Crippen LogP contribution in [0, 0.1) is 10.1 Å². The van der Waals surface area contributed by atoms with E-state index in [1.807, 2.05) is 0 Å². The first-order chi connectivity index (χ1) is 8.65. The van der Waals surface area contributed by atoms with Crippen LogP contribution >= 0.6 is 0 Å². The molecule has 0 saturated carbocycles. The van der Waals surface area contributed by atoms with Gasteiger partial charge in [0.15, 0.2) is 0 Å². The molecule has 0 aliphatic rings. The number of nitro groups is 1. The molecule has 0 aliphatic carbocycles. The largest absolute Gasteiger partial charge is 0.508 e. The van der Waals surface area contributed by atoms with E-state index in [0.29, 0.717) is 11.4 Å². The standard InChI is InChI=1S/C12H9N3O3/c16-12-3-1-2-10(8-12)14-13-9-4-6-11(7-5-9)15(17)18/h1-8,16H. The van der Waals surface area contributed by atoms with E-state index in [4.69, 9.17) is 0 Å². The van der Waals surface area contributed by atoms with Gasteiger partial charge in [0, 0.05) is 18.2 Å². The summed E-state index contributed by atoms with van der Waals surface area (Å²) in [4.78, 5) is 9.98. The molecule has 2 rings (SSSR count). The summed E-state index contributed by atoms with van der Waals surface area (Å²) in [5, 5.41) is 27.5. The SMILES string of the molecule is O=[N+]([O-])c1ccc(N=Nc2cccc(O)c2)cc1. The number of rotatable bonds is 3. The van der Waals surface area contributed by atoms with Gasteiger partial charge in [0.05, 0.1) is 16.3 Å².